The van der Waals surface area contributed by atoms with E-state index >= 15 is 0 Å². The van der Waals surface area contributed by atoms with Crippen molar-refractivity contribution >= 4 is 11.6 Å². The van der Waals surface area contributed by atoms with Gasteiger partial charge in [-0.15, -0.1) is 0 Å². The monoisotopic (exact) mass is 327 g/mol. The molecule has 0 saturated carbocycles. The molecule has 1 aliphatic rings. The van der Waals surface area contributed by atoms with Crippen LogP contribution in [0.5, 0.6) is 5.75 Å². The molecule has 3 atom stereocenters. The number of ether oxygens (including phenoxy) is 2. The topological polar surface area (TPSA) is 41.9 Å². The van der Waals surface area contributed by atoms with Crippen molar-refractivity contribution in [3.8, 4) is 5.75 Å². The average Bonchev–Trinajstić information content (AvgIpc) is 2.41. The second-order valence-corrected chi connectivity index (χ2v) is 6.69. The van der Waals surface area contributed by atoms with E-state index in [1.165, 1.54) is 0 Å². The maximum absolute atomic E-state index is 10.2. The minimum absolute atomic E-state index is 0.207. The Hall–Kier alpha value is -0.810. The Balaban J connectivity index is 1.84. The number of hydrogen-bond acceptors (Lipinski definition) is 4. The van der Waals surface area contributed by atoms with Crippen LogP contribution in [0, 0.1) is 13.8 Å². The van der Waals surface area contributed by atoms with Crippen molar-refractivity contribution in [1.82, 2.24) is 4.90 Å². The molecule has 2 rings (SSSR count). The van der Waals surface area contributed by atoms with Crippen LogP contribution in [0.1, 0.15) is 25.0 Å². The quantitative estimate of drug-likeness (QED) is 0.903. The molecule has 5 heteroatoms. The summed E-state index contributed by atoms with van der Waals surface area (Å²) in [5.74, 6) is 0.752. The smallest absolute Gasteiger partial charge is 0.120 e. The minimum Gasteiger partial charge on any atom is -0.491 e. The Kier molecular flexibility index (Phi) is 6.09. The van der Waals surface area contributed by atoms with Crippen LogP contribution in [-0.4, -0.2) is 54.6 Å². The summed E-state index contributed by atoms with van der Waals surface area (Å²) >= 11 is 6.15. The van der Waals surface area contributed by atoms with Crippen molar-refractivity contribution in [2.24, 2.45) is 0 Å². The first-order valence-electron chi connectivity index (χ1n) is 7.80. The number of aryl methyl sites for hydroxylation is 2. The van der Waals surface area contributed by atoms with Crippen LogP contribution in [0.2, 0.25) is 5.02 Å². The molecule has 1 aromatic carbocycles. The molecule has 0 bridgehead atoms. The van der Waals surface area contributed by atoms with Crippen molar-refractivity contribution in [1.29, 1.82) is 0 Å². The highest BCUT2D eigenvalue weighted by Gasteiger charge is 2.23. The highest BCUT2D eigenvalue weighted by molar-refractivity contribution is 6.32. The number of aliphatic hydroxyl groups is 1. The zero-order chi connectivity index (χ0) is 16.3. The van der Waals surface area contributed by atoms with E-state index in [2.05, 4.69) is 18.7 Å². The molecular formula is C17H26ClNO3. The summed E-state index contributed by atoms with van der Waals surface area (Å²) in [5.41, 5.74) is 1.98. The molecule has 22 heavy (non-hydrogen) atoms. The lowest BCUT2D eigenvalue weighted by molar-refractivity contribution is -0.0786. The van der Waals surface area contributed by atoms with E-state index in [9.17, 15) is 5.11 Å². The van der Waals surface area contributed by atoms with Gasteiger partial charge in [0.1, 0.15) is 18.5 Å². The van der Waals surface area contributed by atoms with Gasteiger partial charge in [0.05, 0.1) is 12.2 Å². The van der Waals surface area contributed by atoms with Gasteiger partial charge in [-0.25, -0.2) is 0 Å². The molecule has 1 saturated heterocycles. The summed E-state index contributed by atoms with van der Waals surface area (Å²) in [6.45, 7) is 10.6. The van der Waals surface area contributed by atoms with Gasteiger partial charge >= 0.3 is 0 Å². The minimum atomic E-state index is -0.520. The predicted octanol–water partition coefficient (Wildman–Crippen LogP) is 2.81. The van der Waals surface area contributed by atoms with Gasteiger partial charge in [0, 0.05) is 24.7 Å². The van der Waals surface area contributed by atoms with Crippen LogP contribution in [-0.2, 0) is 4.74 Å². The van der Waals surface area contributed by atoms with Crippen LogP contribution >= 0.6 is 11.6 Å². The van der Waals surface area contributed by atoms with Gasteiger partial charge in [0.25, 0.3) is 0 Å². The molecule has 0 radical (unpaired) electrons. The Morgan fingerprint density at radius 1 is 1.27 bits per heavy atom. The summed E-state index contributed by atoms with van der Waals surface area (Å²) in [6, 6.07) is 3.81. The van der Waals surface area contributed by atoms with Crippen LogP contribution in [0.25, 0.3) is 0 Å². The second-order valence-electron chi connectivity index (χ2n) is 6.31. The third-order valence-electron chi connectivity index (χ3n) is 3.82. The van der Waals surface area contributed by atoms with Gasteiger partial charge in [-0.1, -0.05) is 11.6 Å². The maximum atomic E-state index is 10.2. The van der Waals surface area contributed by atoms with Gasteiger partial charge in [-0.2, -0.15) is 0 Å². The van der Waals surface area contributed by atoms with Crippen molar-refractivity contribution < 1.29 is 14.6 Å². The predicted molar refractivity (Wildman–Crippen MR) is 88.9 cm³/mol. The summed E-state index contributed by atoms with van der Waals surface area (Å²) in [4.78, 5) is 2.23. The fourth-order valence-electron chi connectivity index (χ4n) is 2.97. The van der Waals surface area contributed by atoms with Gasteiger partial charge < -0.3 is 14.6 Å². The van der Waals surface area contributed by atoms with E-state index in [4.69, 9.17) is 21.1 Å². The molecule has 1 fully saturated rings. The second kappa shape index (κ2) is 7.64. The molecule has 0 spiro atoms. The van der Waals surface area contributed by atoms with E-state index in [1.807, 2.05) is 26.0 Å². The zero-order valence-corrected chi connectivity index (χ0v) is 14.6. The molecule has 0 unspecified atom stereocenters. The van der Waals surface area contributed by atoms with Crippen molar-refractivity contribution in [3.05, 3.63) is 28.3 Å². The third kappa shape index (κ3) is 4.85. The molecule has 1 heterocycles. The fraction of sp³-hybridized carbons (Fsp3) is 0.647. The molecule has 1 aromatic rings. The Bertz CT molecular complexity index is 476. The molecule has 4 nitrogen and oxygen atoms in total. The largest absolute Gasteiger partial charge is 0.491 e. The summed E-state index contributed by atoms with van der Waals surface area (Å²) in [7, 11) is 0. The molecule has 0 aliphatic carbocycles. The van der Waals surface area contributed by atoms with Gasteiger partial charge in [0.2, 0.25) is 0 Å². The Morgan fingerprint density at radius 3 is 2.36 bits per heavy atom. The van der Waals surface area contributed by atoms with Gasteiger partial charge in [-0.3, -0.25) is 4.90 Å². The number of benzene rings is 1. The lowest BCUT2D eigenvalue weighted by Crippen LogP contribution is -2.48. The first kappa shape index (κ1) is 17.5. The standard InChI is InChI=1S/C17H26ClNO3/c1-11-5-16(6-12(2)17(11)18)21-10-15(20)9-19-7-13(3)22-14(4)8-19/h5-6,13-15,20H,7-10H2,1-4H3/t13-,14-,15-/m0/s1. The molecule has 1 N–H and O–H groups in total. The third-order valence-corrected chi connectivity index (χ3v) is 4.41. The van der Waals surface area contributed by atoms with Crippen molar-refractivity contribution in [2.75, 3.05) is 26.2 Å². The van der Waals surface area contributed by atoms with E-state index in [0.29, 0.717) is 6.54 Å². The molecule has 124 valence electrons. The van der Waals surface area contributed by atoms with Gasteiger partial charge in [-0.05, 0) is 51.0 Å². The number of halogens is 1. The van der Waals surface area contributed by atoms with Crippen molar-refractivity contribution in [2.45, 2.75) is 46.0 Å². The van der Waals surface area contributed by atoms with Gasteiger partial charge in [0.15, 0.2) is 0 Å². The molecule has 0 aromatic heterocycles. The van der Waals surface area contributed by atoms with E-state index < -0.39 is 6.10 Å². The number of aliphatic hydroxyl groups excluding tert-OH is 1. The average molecular weight is 328 g/mol. The van der Waals surface area contributed by atoms with Crippen LogP contribution in [0.15, 0.2) is 12.1 Å². The van der Waals surface area contributed by atoms with E-state index in [-0.39, 0.29) is 18.8 Å². The SMILES string of the molecule is Cc1cc(OC[C@@H](O)CN2C[C@H](C)O[C@@H](C)C2)cc(C)c1Cl. The van der Waals surface area contributed by atoms with E-state index in [1.54, 1.807) is 0 Å². The molecule has 0 amide bonds. The normalized spacial score (nSPS) is 24.3. The lowest BCUT2D eigenvalue weighted by atomic mass is 10.1. The van der Waals surface area contributed by atoms with Crippen LogP contribution in [0.3, 0.4) is 0 Å². The lowest BCUT2D eigenvalue weighted by Gasteiger charge is -2.36. The Labute approximate surface area is 138 Å². The summed E-state index contributed by atoms with van der Waals surface area (Å²) in [6.07, 6.45) is -0.106. The van der Waals surface area contributed by atoms with Crippen LogP contribution < -0.4 is 4.74 Å². The Morgan fingerprint density at radius 2 is 1.82 bits per heavy atom. The number of β-amino-alcohol motifs (C(OH)–C–C–N with tert-alkyl or cyclic N) is 1. The molecule has 1 aliphatic heterocycles. The van der Waals surface area contributed by atoms with E-state index in [0.717, 1.165) is 35.0 Å². The maximum Gasteiger partial charge on any atom is 0.120 e. The number of rotatable bonds is 5. The number of morpholine rings is 1. The van der Waals surface area contributed by atoms with Crippen LogP contribution in [0.4, 0.5) is 0 Å². The number of hydrogen-bond donors (Lipinski definition) is 1. The molecular weight excluding hydrogens is 302 g/mol. The first-order valence-corrected chi connectivity index (χ1v) is 8.18. The highest BCUT2D eigenvalue weighted by Crippen LogP contribution is 2.26. The summed E-state index contributed by atoms with van der Waals surface area (Å²) < 4.78 is 11.4. The first-order chi connectivity index (χ1) is 10.3. The zero-order valence-electron chi connectivity index (χ0n) is 13.8. The highest BCUT2D eigenvalue weighted by atomic mass is 35.5. The fourth-order valence-corrected chi connectivity index (χ4v) is 3.08. The van der Waals surface area contributed by atoms with Crippen molar-refractivity contribution in [3.63, 3.8) is 0 Å². The summed E-state index contributed by atoms with van der Waals surface area (Å²) in [5, 5.41) is 11.0. The number of nitrogens with zero attached hydrogens (tertiary/aromatic N) is 1.